The molecule has 6 nitrogen and oxygen atoms in total. The Kier molecular flexibility index (Phi) is 4.69. The number of benzene rings is 3. The van der Waals surface area contributed by atoms with Crippen molar-refractivity contribution in [1.29, 1.82) is 0 Å². The fourth-order valence-electron chi connectivity index (χ4n) is 5.45. The summed E-state index contributed by atoms with van der Waals surface area (Å²) in [5, 5.41) is 0. The summed E-state index contributed by atoms with van der Waals surface area (Å²) in [6.07, 6.45) is -0.905. The Balaban J connectivity index is 1.49. The first-order chi connectivity index (χ1) is 16.4. The van der Waals surface area contributed by atoms with E-state index in [1.54, 1.807) is 48.5 Å². The van der Waals surface area contributed by atoms with Crippen LogP contribution in [0.1, 0.15) is 37.9 Å². The van der Waals surface area contributed by atoms with Gasteiger partial charge in [-0.3, -0.25) is 24.1 Å². The summed E-state index contributed by atoms with van der Waals surface area (Å²) in [5.41, 5.74) is -0.167. The Morgan fingerprint density at radius 3 is 1.97 bits per heavy atom. The molecule has 1 aliphatic carbocycles. The molecule has 0 saturated carbocycles. The number of nitrogens with zero attached hydrogens (tertiary/aromatic N) is 1. The summed E-state index contributed by atoms with van der Waals surface area (Å²) in [4.78, 5) is 56.0. The van der Waals surface area contributed by atoms with Gasteiger partial charge in [-0.25, -0.2) is 0 Å². The van der Waals surface area contributed by atoms with E-state index in [4.69, 9.17) is 4.74 Å². The molecule has 168 valence electrons. The minimum atomic E-state index is -2.04. The summed E-state index contributed by atoms with van der Waals surface area (Å²) < 4.78 is 7.10. The Morgan fingerprint density at radius 2 is 1.35 bits per heavy atom. The third kappa shape index (κ3) is 2.77. The molecule has 3 aromatic carbocycles. The summed E-state index contributed by atoms with van der Waals surface area (Å²) in [5.74, 6) is -4.27. The molecule has 0 N–H and O–H groups in total. The second kappa shape index (κ2) is 7.55. The van der Waals surface area contributed by atoms with Crippen LogP contribution < -0.4 is 0 Å². The van der Waals surface area contributed by atoms with Gasteiger partial charge in [0.15, 0.2) is 0 Å². The maximum atomic E-state index is 13.7. The van der Waals surface area contributed by atoms with Gasteiger partial charge in [0, 0.05) is 15.6 Å². The number of imide groups is 1. The number of fused-ring (bicyclic) bond motifs is 3. The molecule has 3 atom stereocenters. The number of ketones is 2. The van der Waals surface area contributed by atoms with Crippen LogP contribution in [0.5, 0.6) is 0 Å². The van der Waals surface area contributed by atoms with Crippen LogP contribution in [-0.2, 0) is 20.9 Å². The summed E-state index contributed by atoms with van der Waals surface area (Å²) in [6.45, 7) is 0.0734. The molecule has 2 heterocycles. The normalized spacial score (nSPS) is 24.7. The quantitative estimate of drug-likeness (QED) is 0.386. The number of Topliss-reactive ketones (excluding diaryl/α,β-unsaturated/α-hetero) is 2. The molecule has 3 aliphatic rings. The van der Waals surface area contributed by atoms with E-state index >= 15 is 0 Å². The molecule has 0 aromatic heterocycles. The molecule has 34 heavy (non-hydrogen) atoms. The molecular weight excluding hydrogens is 498 g/mol. The Labute approximate surface area is 203 Å². The maximum Gasteiger partial charge on any atom is 0.237 e. The molecule has 6 rings (SSSR count). The number of carbonyl (C=O) groups is 4. The van der Waals surface area contributed by atoms with Crippen molar-refractivity contribution in [2.24, 2.45) is 11.8 Å². The molecule has 2 fully saturated rings. The number of likely N-dealkylation sites (tertiary alicyclic amines) is 1. The van der Waals surface area contributed by atoms with E-state index in [2.05, 4.69) is 15.9 Å². The zero-order valence-corrected chi connectivity index (χ0v) is 19.4. The van der Waals surface area contributed by atoms with Crippen LogP contribution in [0.25, 0.3) is 0 Å². The summed E-state index contributed by atoms with van der Waals surface area (Å²) in [6, 6.07) is 22.8. The van der Waals surface area contributed by atoms with E-state index in [1.165, 1.54) is 4.90 Å². The Hall–Kier alpha value is -3.42. The van der Waals surface area contributed by atoms with Crippen LogP contribution in [0.3, 0.4) is 0 Å². The van der Waals surface area contributed by atoms with E-state index in [0.29, 0.717) is 5.56 Å². The van der Waals surface area contributed by atoms with Gasteiger partial charge in [-0.1, -0.05) is 82.7 Å². The third-order valence-electron chi connectivity index (χ3n) is 6.99. The first-order valence-electron chi connectivity index (χ1n) is 10.9. The second-order valence-corrected chi connectivity index (χ2v) is 9.70. The van der Waals surface area contributed by atoms with Crippen LogP contribution in [0.4, 0.5) is 0 Å². The number of ether oxygens (including phenoxy) is 1. The average Bonchev–Trinajstić information content (AvgIpc) is 3.41. The Bertz CT molecular complexity index is 1330. The van der Waals surface area contributed by atoms with Gasteiger partial charge < -0.3 is 4.74 Å². The lowest BCUT2D eigenvalue weighted by molar-refractivity contribution is -0.145. The summed E-state index contributed by atoms with van der Waals surface area (Å²) >= 11 is 3.40. The second-order valence-electron chi connectivity index (χ2n) is 8.78. The van der Waals surface area contributed by atoms with Gasteiger partial charge in [-0.15, -0.1) is 0 Å². The fourth-order valence-corrected chi connectivity index (χ4v) is 5.72. The average molecular weight is 516 g/mol. The van der Waals surface area contributed by atoms with Gasteiger partial charge in [0.25, 0.3) is 0 Å². The lowest BCUT2D eigenvalue weighted by atomic mass is 9.77. The van der Waals surface area contributed by atoms with Gasteiger partial charge in [0.05, 0.1) is 24.5 Å². The van der Waals surface area contributed by atoms with Crippen molar-refractivity contribution >= 4 is 39.3 Å². The molecule has 7 heteroatoms. The van der Waals surface area contributed by atoms with Crippen molar-refractivity contribution in [3.05, 3.63) is 106 Å². The standard InChI is InChI=1S/C27H18BrNO5/c28-17-12-10-16(11-13-17)22-20-21(26(33)29(25(20)32)14-15-6-2-1-3-7-15)27(34-22)23(30)18-8-4-5-9-19(18)24(27)31/h1-13,20-22H,14H2/t20-,21-,22-/m1/s1. The van der Waals surface area contributed by atoms with Crippen LogP contribution in [0.15, 0.2) is 83.3 Å². The van der Waals surface area contributed by atoms with Crippen LogP contribution in [-0.4, -0.2) is 33.9 Å². The molecule has 2 saturated heterocycles. The Morgan fingerprint density at radius 1 is 0.765 bits per heavy atom. The number of amides is 2. The monoisotopic (exact) mass is 515 g/mol. The molecule has 1 spiro atoms. The van der Waals surface area contributed by atoms with Gasteiger partial charge in [-0.05, 0) is 23.3 Å². The number of hydrogen-bond donors (Lipinski definition) is 0. The van der Waals surface area contributed by atoms with Crippen molar-refractivity contribution in [3.8, 4) is 0 Å². The highest BCUT2D eigenvalue weighted by Gasteiger charge is 2.74. The van der Waals surface area contributed by atoms with Crippen molar-refractivity contribution in [2.45, 2.75) is 18.2 Å². The zero-order chi connectivity index (χ0) is 23.6. The largest absolute Gasteiger partial charge is 0.349 e. The topological polar surface area (TPSA) is 80.8 Å². The van der Waals surface area contributed by atoms with Crippen LogP contribution in [0.2, 0.25) is 0 Å². The minimum Gasteiger partial charge on any atom is -0.349 e. The van der Waals surface area contributed by atoms with Gasteiger partial charge in [0.2, 0.25) is 29.0 Å². The zero-order valence-electron chi connectivity index (χ0n) is 17.8. The molecule has 0 bridgehead atoms. The van der Waals surface area contributed by atoms with E-state index in [1.807, 2.05) is 30.3 Å². The number of rotatable bonds is 3. The highest BCUT2D eigenvalue weighted by molar-refractivity contribution is 9.10. The molecule has 2 amide bonds. The maximum absolute atomic E-state index is 13.7. The number of carbonyl (C=O) groups excluding carboxylic acids is 4. The molecular formula is C27H18BrNO5. The summed E-state index contributed by atoms with van der Waals surface area (Å²) in [7, 11) is 0. The molecule has 0 radical (unpaired) electrons. The van der Waals surface area contributed by atoms with Crippen molar-refractivity contribution in [3.63, 3.8) is 0 Å². The smallest absolute Gasteiger partial charge is 0.237 e. The minimum absolute atomic E-state index is 0.0734. The van der Waals surface area contributed by atoms with Crippen molar-refractivity contribution < 1.29 is 23.9 Å². The van der Waals surface area contributed by atoms with Crippen LogP contribution >= 0.6 is 15.9 Å². The van der Waals surface area contributed by atoms with E-state index in [-0.39, 0.29) is 17.7 Å². The third-order valence-corrected chi connectivity index (χ3v) is 7.52. The SMILES string of the molecule is O=C1[C@H]2[C@@H](c3ccc(Br)cc3)OC3(C(=O)c4ccccc4C3=O)[C@H]2C(=O)N1Cc1ccccc1. The fraction of sp³-hybridized carbons (Fsp3) is 0.185. The van der Waals surface area contributed by atoms with Crippen molar-refractivity contribution in [2.75, 3.05) is 0 Å². The first kappa shape index (κ1) is 21.1. The lowest BCUT2D eigenvalue weighted by Gasteiger charge is -2.27. The predicted octanol–water partition coefficient (Wildman–Crippen LogP) is 4.14. The van der Waals surface area contributed by atoms with Gasteiger partial charge in [-0.2, -0.15) is 0 Å². The van der Waals surface area contributed by atoms with Crippen molar-refractivity contribution in [1.82, 2.24) is 4.90 Å². The molecule has 0 unspecified atom stereocenters. The van der Waals surface area contributed by atoms with Gasteiger partial charge >= 0.3 is 0 Å². The molecule has 2 aliphatic heterocycles. The van der Waals surface area contributed by atoms with Crippen LogP contribution in [0, 0.1) is 11.8 Å². The number of hydrogen-bond acceptors (Lipinski definition) is 5. The highest BCUT2D eigenvalue weighted by Crippen LogP contribution is 2.57. The predicted molar refractivity (Wildman–Crippen MR) is 125 cm³/mol. The molecule has 3 aromatic rings. The van der Waals surface area contributed by atoms with Gasteiger partial charge in [0.1, 0.15) is 0 Å². The lowest BCUT2D eigenvalue weighted by Crippen LogP contribution is -2.50. The number of halogens is 1. The van der Waals surface area contributed by atoms with E-state index < -0.39 is 46.9 Å². The highest BCUT2D eigenvalue weighted by atomic mass is 79.9. The van der Waals surface area contributed by atoms with E-state index in [9.17, 15) is 19.2 Å². The first-order valence-corrected chi connectivity index (χ1v) is 11.7. The van der Waals surface area contributed by atoms with E-state index in [0.717, 1.165) is 10.0 Å².